The lowest BCUT2D eigenvalue weighted by Gasteiger charge is -2.12. The summed E-state index contributed by atoms with van der Waals surface area (Å²) in [6.07, 6.45) is 1.98. The van der Waals surface area contributed by atoms with Crippen molar-refractivity contribution in [3.05, 3.63) is 70.1 Å². The number of benzene rings is 2. The van der Waals surface area contributed by atoms with Crippen LogP contribution in [-0.4, -0.2) is 13.7 Å². The van der Waals surface area contributed by atoms with E-state index < -0.39 is 0 Å². The zero-order chi connectivity index (χ0) is 19.4. The first-order valence-electron chi connectivity index (χ1n) is 8.64. The van der Waals surface area contributed by atoms with E-state index in [9.17, 15) is 4.79 Å². The molecule has 0 amide bonds. The molecule has 3 aromatic rings. The first-order chi connectivity index (χ1) is 13.0. The summed E-state index contributed by atoms with van der Waals surface area (Å²) in [6, 6.07) is 12.3. The van der Waals surface area contributed by atoms with Crippen LogP contribution in [0.1, 0.15) is 19.6 Å². The highest BCUT2D eigenvalue weighted by Crippen LogP contribution is 2.32. The molecule has 0 saturated heterocycles. The van der Waals surface area contributed by atoms with Crippen molar-refractivity contribution >= 4 is 11.0 Å². The van der Waals surface area contributed by atoms with Gasteiger partial charge in [-0.3, -0.25) is 4.79 Å². The fourth-order valence-electron chi connectivity index (χ4n) is 2.59. The lowest BCUT2D eigenvalue weighted by molar-refractivity contribution is 0.360. The molecule has 1 heterocycles. The fourth-order valence-corrected chi connectivity index (χ4v) is 2.59. The molecule has 0 aliphatic rings. The number of para-hydroxylation sites is 2. The SMILES string of the molecule is COc1ccccc1Oc1c(C)oc2cc(OCC=C(C)C)ccc2c1=O. The van der Waals surface area contributed by atoms with Gasteiger partial charge in [0.2, 0.25) is 11.2 Å². The highest BCUT2D eigenvalue weighted by molar-refractivity contribution is 5.79. The Kier molecular flexibility index (Phi) is 5.50. The van der Waals surface area contributed by atoms with Crippen molar-refractivity contribution in [1.29, 1.82) is 0 Å². The quantitative estimate of drug-likeness (QED) is 0.558. The number of hydrogen-bond acceptors (Lipinski definition) is 5. The lowest BCUT2D eigenvalue weighted by Crippen LogP contribution is -2.08. The molecule has 5 heteroatoms. The molecule has 0 atom stereocenters. The van der Waals surface area contributed by atoms with E-state index in [1.165, 1.54) is 5.57 Å². The molecule has 0 aliphatic carbocycles. The van der Waals surface area contributed by atoms with Crippen LogP contribution in [0.3, 0.4) is 0 Å². The van der Waals surface area contributed by atoms with Gasteiger partial charge in [-0.15, -0.1) is 0 Å². The first kappa shape index (κ1) is 18.6. The van der Waals surface area contributed by atoms with E-state index in [-0.39, 0.29) is 11.2 Å². The minimum Gasteiger partial charge on any atom is -0.493 e. The fraction of sp³-hybridized carbons (Fsp3) is 0.227. The number of aryl methyl sites for hydroxylation is 1. The third kappa shape index (κ3) is 4.14. The van der Waals surface area contributed by atoms with E-state index in [1.54, 1.807) is 44.4 Å². The van der Waals surface area contributed by atoms with Gasteiger partial charge in [0.1, 0.15) is 23.7 Å². The van der Waals surface area contributed by atoms with E-state index in [0.29, 0.717) is 40.6 Å². The Hall–Kier alpha value is -3.21. The molecule has 2 aromatic carbocycles. The Morgan fingerprint density at radius 2 is 1.85 bits per heavy atom. The molecule has 0 unspecified atom stereocenters. The van der Waals surface area contributed by atoms with Gasteiger partial charge in [-0.05, 0) is 51.1 Å². The van der Waals surface area contributed by atoms with Crippen molar-refractivity contribution in [1.82, 2.24) is 0 Å². The summed E-state index contributed by atoms with van der Waals surface area (Å²) in [5.41, 5.74) is 1.39. The summed E-state index contributed by atoms with van der Waals surface area (Å²) in [6.45, 7) is 6.18. The molecule has 0 aliphatic heterocycles. The second-order valence-electron chi connectivity index (χ2n) is 6.32. The number of allylic oxidation sites excluding steroid dienone is 1. The average Bonchev–Trinajstić information content (AvgIpc) is 2.65. The van der Waals surface area contributed by atoms with Crippen LogP contribution in [-0.2, 0) is 0 Å². The van der Waals surface area contributed by atoms with E-state index >= 15 is 0 Å². The van der Waals surface area contributed by atoms with E-state index in [2.05, 4.69) is 0 Å². The summed E-state index contributed by atoms with van der Waals surface area (Å²) < 4.78 is 22.6. The summed E-state index contributed by atoms with van der Waals surface area (Å²) in [4.78, 5) is 12.9. The second kappa shape index (κ2) is 7.99. The highest BCUT2D eigenvalue weighted by Gasteiger charge is 2.16. The molecule has 140 valence electrons. The van der Waals surface area contributed by atoms with Crippen molar-refractivity contribution in [2.24, 2.45) is 0 Å². The molecule has 0 N–H and O–H groups in total. The molecule has 0 saturated carbocycles. The lowest BCUT2D eigenvalue weighted by atomic mass is 10.2. The largest absolute Gasteiger partial charge is 0.493 e. The van der Waals surface area contributed by atoms with Crippen LogP contribution in [0.4, 0.5) is 0 Å². The van der Waals surface area contributed by atoms with Crippen molar-refractivity contribution in [2.75, 3.05) is 13.7 Å². The summed E-state index contributed by atoms with van der Waals surface area (Å²) in [5, 5.41) is 0.431. The number of fused-ring (bicyclic) bond motifs is 1. The molecule has 1 aromatic heterocycles. The van der Waals surface area contributed by atoms with Gasteiger partial charge in [0.25, 0.3) is 0 Å². The molecule has 3 rings (SSSR count). The van der Waals surface area contributed by atoms with Gasteiger partial charge >= 0.3 is 0 Å². The van der Waals surface area contributed by atoms with Gasteiger partial charge in [0.05, 0.1) is 12.5 Å². The number of rotatable bonds is 6. The Labute approximate surface area is 157 Å². The van der Waals surface area contributed by atoms with Gasteiger partial charge in [-0.25, -0.2) is 0 Å². The molecule has 0 bridgehead atoms. The Balaban J connectivity index is 1.96. The minimum atomic E-state index is -0.240. The smallest absolute Gasteiger partial charge is 0.235 e. The molecule has 0 spiro atoms. The minimum absolute atomic E-state index is 0.144. The van der Waals surface area contributed by atoms with Crippen LogP contribution in [0.2, 0.25) is 0 Å². The number of methoxy groups -OCH3 is 1. The van der Waals surface area contributed by atoms with Crippen LogP contribution in [0, 0.1) is 6.92 Å². The zero-order valence-electron chi connectivity index (χ0n) is 15.9. The maximum Gasteiger partial charge on any atom is 0.235 e. The summed E-state index contributed by atoms with van der Waals surface area (Å²) >= 11 is 0. The summed E-state index contributed by atoms with van der Waals surface area (Å²) in [5.74, 6) is 2.17. The third-order valence-corrected chi connectivity index (χ3v) is 4.01. The van der Waals surface area contributed by atoms with Crippen LogP contribution in [0.15, 0.2) is 63.3 Å². The molecule has 0 radical (unpaired) electrons. The maximum absolute atomic E-state index is 12.9. The topological polar surface area (TPSA) is 57.9 Å². The van der Waals surface area contributed by atoms with Gasteiger partial charge in [-0.2, -0.15) is 0 Å². The van der Waals surface area contributed by atoms with Crippen molar-refractivity contribution in [3.63, 3.8) is 0 Å². The van der Waals surface area contributed by atoms with Crippen molar-refractivity contribution < 1.29 is 18.6 Å². The number of ether oxygens (including phenoxy) is 3. The molecular formula is C22H22O5. The van der Waals surface area contributed by atoms with Crippen LogP contribution < -0.4 is 19.6 Å². The van der Waals surface area contributed by atoms with Gasteiger partial charge < -0.3 is 18.6 Å². The maximum atomic E-state index is 12.9. The Morgan fingerprint density at radius 1 is 1.11 bits per heavy atom. The van der Waals surface area contributed by atoms with Gasteiger partial charge in [-0.1, -0.05) is 17.7 Å². The second-order valence-corrected chi connectivity index (χ2v) is 6.32. The van der Waals surface area contributed by atoms with Crippen molar-refractivity contribution in [3.8, 4) is 23.0 Å². The Bertz CT molecular complexity index is 1040. The first-order valence-corrected chi connectivity index (χ1v) is 8.64. The predicted octanol–water partition coefficient (Wildman–Crippen LogP) is 5.25. The number of hydrogen-bond donors (Lipinski definition) is 0. The van der Waals surface area contributed by atoms with E-state index in [0.717, 1.165) is 0 Å². The third-order valence-electron chi connectivity index (χ3n) is 4.01. The normalized spacial score (nSPS) is 10.5. The van der Waals surface area contributed by atoms with E-state index in [4.69, 9.17) is 18.6 Å². The van der Waals surface area contributed by atoms with Crippen LogP contribution >= 0.6 is 0 Å². The molecule has 5 nitrogen and oxygen atoms in total. The average molecular weight is 366 g/mol. The predicted molar refractivity (Wildman–Crippen MR) is 105 cm³/mol. The molecule has 27 heavy (non-hydrogen) atoms. The monoisotopic (exact) mass is 366 g/mol. The highest BCUT2D eigenvalue weighted by atomic mass is 16.5. The molecule has 0 fully saturated rings. The van der Waals surface area contributed by atoms with Gasteiger partial charge in [0, 0.05) is 6.07 Å². The van der Waals surface area contributed by atoms with Gasteiger partial charge in [0.15, 0.2) is 11.5 Å². The molecular weight excluding hydrogens is 344 g/mol. The van der Waals surface area contributed by atoms with E-state index in [1.807, 2.05) is 32.1 Å². The van der Waals surface area contributed by atoms with Crippen molar-refractivity contribution in [2.45, 2.75) is 20.8 Å². The Morgan fingerprint density at radius 3 is 2.56 bits per heavy atom. The van der Waals surface area contributed by atoms with Crippen LogP contribution in [0.25, 0.3) is 11.0 Å². The van der Waals surface area contributed by atoms with Crippen LogP contribution in [0.5, 0.6) is 23.0 Å². The zero-order valence-corrected chi connectivity index (χ0v) is 15.9. The standard InChI is InChI=1S/C22H22O5/c1-14(2)11-12-25-16-9-10-17-20(13-16)26-15(3)22(21(17)23)27-19-8-6-5-7-18(19)24-4/h5-11,13H,12H2,1-4H3. The summed E-state index contributed by atoms with van der Waals surface area (Å²) in [7, 11) is 1.55.